The number of aryl methyl sites for hydroxylation is 1. The van der Waals surface area contributed by atoms with E-state index in [-0.39, 0.29) is 49.3 Å². The fourth-order valence-electron chi connectivity index (χ4n) is 3.40. The molecule has 0 bridgehead atoms. The third-order valence-electron chi connectivity index (χ3n) is 5.53. The van der Waals surface area contributed by atoms with Gasteiger partial charge in [0.1, 0.15) is 11.5 Å². The third-order valence-corrected chi connectivity index (χ3v) is 5.53. The highest BCUT2D eigenvalue weighted by atomic mass is 16.5. The van der Waals surface area contributed by atoms with E-state index in [1.165, 1.54) is 0 Å². The van der Waals surface area contributed by atoms with Crippen molar-refractivity contribution >= 4 is 17.6 Å². The lowest BCUT2D eigenvalue weighted by Crippen LogP contribution is -2.42. The molecule has 36 heavy (non-hydrogen) atoms. The Hall–Kier alpha value is -3.43. The van der Waals surface area contributed by atoms with Crippen LogP contribution >= 0.6 is 0 Å². The Labute approximate surface area is 212 Å². The van der Waals surface area contributed by atoms with E-state index in [1.807, 2.05) is 24.3 Å². The summed E-state index contributed by atoms with van der Waals surface area (Å²) in [5, 5.41) is 23.5. The first-order chi connectivity index (χ1) is 17.4. The lowest BCUT2D eigenvalue weighted by Gasteiger charge is -2.12. The van der Waals surface area contributed by atoms with Crippen molar-refractivity contribution < 1.29 is 29.3 Å². The Morgan fingerprint density at radius 3 is 2.28 bits per heavy atom. The van der Waals surface area contributed by atoms with E-state index < -0.39 is 6.04 Å². The maximum Gasteiger partial charge on any atom is 0.237 e. The van der Waals surface area contributed by atoms with E-state index in [1.54, 1.807) is 24.3 Å². The molecule has 0 radical (unpaired) electrons. The first kappa shape index (κ1) is 28.8. The minimum absolute atomic E-state index is 0.00189. The van der Waals surface area contributed by atoms with Crippen LogP contribution in [0, 0.1) is 0 Å². The fraction of sp³-hybridized carbons (Fsp3) is 0.444. The summed E-state index contributed by atoms with van der Waals surface area (Å²) in [6.45, 7) is 1.000. The fourth-order valence-corrected chi connectivity index (χ4v) is 3.40. The van der Waals surface area contributed by atoms with Gasteiger partial charge in [0.05, 0.1) is 19.2 Å². The van der Waals surface area contributed by atoms with Crippen LogP contribution in [0.3, 0.4) is 0 Å². The van der Waals surface area contributed by atoms with Crippen molar-refractivity contribution in [2.45, 2.75) is 51.0 Å². The molecule has 0 aliphatic carbocycles. The maximum atomic E-state index is 12.1. The van der Waals surface area contributed by atoms with Crippen molar-refractivity contribution in [3.8, 4) is 11.5 Å². The van der Waals surface area contributed by atoms with Crippen LogP contribution in [0.15, 0.2) is 48.5 Å². The second-order valence-corrected chi connectivity index (χ2v) is 8.61. The average molecular weight is 500 g/mol. The van der Waals surface area contributed by atoms with Crippen LogP contribution in [0.25, 0.3) is 0 Å². The number of nitrogens with one attached hydrogen (secondary N) is 2. The Kier molecular flexibility index (Phi) is 13.0. The molecule has 2 aromatic carbocycles. The van der Waals surface area contributed by atoms with Gasteiger partial charge in [-0.3, -0.25) is 14.4 Å². The van der Waals surface area contributed by atoms with Gasteiger partial charge in [-0.25, -0.2) is 0 Å². The Morgan fingerprint density at radius 2 is 1.58 bits per heavy atom. The van der Waals surface area contributed by atoms with Gasteiger partial charge in [0.15, 0.2) is 5.78 Å². The van der Waals surface area contributed by atoms with Crippen molar-refractivity contribution in [3.05, 3.63) is 59.7 Å². The quantitative estimate of drug-likeness (QED) is 0.208. The summed E-state index contributed by atoms with van der Waals surface area (Å²) < 4.78 is 5.73. The van der Waals surface area contributed by atoms with E-state index in [0.717, 1.165) is 29.7 Å². The molecule has 0 saturated heterocycles. The van der Waals surface area contributed by atoms with Gasteiger partial charge in [-0.15, -0.1) is 0 Å². The molecule has 2 aromatic rings. The van der Waals surface area contributed by atoms with Crippen molar-refractivity contribution in [1.29, 1.82) is 0 Å². The number of nitrogens with two attached hydrogens (primary N) is 1. The lowest BCUT2D eigenvalue weighted by atomic mass is 10.1. The van der Waals surface area contributed by atoms with Crippen LogP contribution in [0.4, 0.5) is 0 Å². The Morgan fingerprint density at radius 1 is 0.889 bits per heavy atom. The predicted octanol–water partition coefficient (Wildman–Crippen LogP) is 1.63. The number of unbranched alkanes of at least 4 members (excludes halogenated alkanes) is 1. The van der Waals surface area contributed by atoms with E-state index in [9.17, 15) is 19.5 Å². The molecule has 0 aliphatic rings. The maximum absolute atomic E-state index is 12.1. The van der Waals surface area contributed by atoms with Gasteiger partial charge in [0.25, 0.3) is 0 Å². The average Bonchev–Trinajstić information content (AvgIpc) is 2.88. The van der Waals surface area contributed by atoms with Crippen molar-refractivity contribution in [1.82, 2.24) is 10.6 Å². The smallest absolute Gasteiger partial charge is 0.237 e. The SMILES string of the molecule is N[C@@H](Cc1ccc(O)cc1)C(=O)NCCCCOc1ccc(CCC(=O)NCC(=O)CCCO)cc1. The highest BCUT2D eigenvalue weighted by Gasteiger charge is 2.13. The second kappa shape index (κ2) is 16.3. The number of aliphatic hydroxyl groups is 1. The number of hydrogen-bond acceptors (Lipinski definition) is 7. The Bertz CT molecular complexity index is 947. The molecule has 2 rings (SSSR count). The van der Waals surface area contributed by atoms with Crippen LogP contribution in [0.1, 0.15) is 43.2 Å². The van der Waals surface area contributed by atoms with Crippen molar-refractivity contribution in [2.75, 3.05) is 26.3 Å². The zero-order valence-corrected chi connectivity index (χ0v) is 20.6. The van der Waals surface area contributed by atoms with Crippen molar-refractivity contribution in [3.63, 3.8) is 0 Å². The molecule has 0 fully saturated rings. The highest BCUT2D eigenvalue weighted by Crippen LogP contribution is 2.14. The Balaban J connectivity index is 1.54. The van der Waals surface area contributed by atoms with E-state index in [2.05, 4.69) is 10.6 Å². The minimum atomic E-state index is -0.644. The summed E-state index contributed by atoms with van der Waals surface area (Å²) in [7, 11) is 0. The number of hydrogen-bond donors (Lipinski definition) is 5. The molecule has 0 aromatic heterocycles. The number of phenols is 1. The molecule has 0 heterocycles. The number of ketones is 1. The molecule has 1 atom stereocenters. The summed E-state index contributed by atoms with van der Waals surface area (Å²) >= 11 is 0. The summed E-state index contributed by atoms with van der Waals surface area (Å²) in [5.74, 6) is 0.437. The number of carbonyl (C=O) groups is 3. The van der Waals surface area contributed by atoms with Gasteiger partial charge in [-0.1, -0.05) is 24.3 Å². The van der Waals surface area contributed by atoms with Crippen LogP contribution in [-0.4, -0.2) is 60.2 Å². The predicted molar refractivity (Wildman–Crippen MR) is 137 cm³/mol. The molecule has 0 saturated carbocycles. The minimum Gasteiger partial charge on any atom is -0.508 e. The zero-order valence-electron chi connectivity index (χ0n) is 20.6. The van der Waals surface area contributed by atoms with Gasteiger partial charge in [0, 0.05) is 26.0 Å². The van der Waals surface area contributed by atoms with E-state index >= 15 is 0 Å². The molecule has 196 valence electrons. The number of Topliss-reactive ketones (excluding diaryl/α,β-unsaturated/α-hetero) is 1. The van der Waals surface area contributed by atoms with Gasteiger partial charge in [-0.05, 0) is 67.5 Å². The largest absolute Gasteiger partial charge is 0.508 e. The first-order valence-electron chi connectivity index (χ1n) is 12.3. The molecule has 0 aliphatic heterocycles. The summed E-state index contributed by atoms with van der Waals surface area (Å²) in [6.07, 6.45) is 3.46. The van der Waals surface area contributed by atoms with E-state index in [0.29, 0.717) is 32.4 Å². The first-order valence-corrected chi connectivity index (χ1v) is 12.3. The molecule has 0 spiro atoms. The summed E-state index contributed by atoms with van der Waals surface area (Å²) in [5.41, 5.74) is 7.84. The molecule has 9 heteroatoms. The normalized spacial score (nSPS) is 11.5. The molecule has 9 nitrogen and oxygen atoms in total. The van der Waals surface area contributed by atoms with Crippen LogP contribution < -0.4 is 21.1 Å². The third kappa shape index (κ3) is 11.8. The standard InChI is InChI=1S/C27H37N3O6/c28-25(18-21-5-10-22(32)11-6-21)27(35)29-15-1-2-17-36-24-12-7-20(8-13-24)9-14-26(34)30-19-23(33)4-3-16-31/h5-8,10-13,25,31-32H,1-4,9,14-19,28H2,(H,29,35)(H,30,34)/t25-/m0/s1. The zero-order chi connectivity index (χ0) is 26.2. The number of carbonyl (C=O) groups excluding carboxylic acids is 3. The molecule has 2 amide bonds. The topological polar surface area (TPSA) is 151 Å². The number of benzene rings is 2. The number of rotatable bonds is 17. The summed E-state index contributed by atoms with van der Waals surface area (Å²) in [4.78, 5) is 35.5. The van der Waals surface area contributed by atoms with Crippen LogP contribution in [-0.2, 0) is 27.2 Å². The number of phenolic OH excluding ortho intramolecular Hbond substituents is 1. The number of aromatic hydroxyl groups is 1. The number of ether oxygens (including phenoxy) is 1. The molecular weight excluding hydrogens is 462 g/mol. The molecular formula is C27H37N3O6. The van der Waals surface area contributed by atoms with Gasteiger partial charge in [-0.2, -0.15) is 0 Å². The van der Waals surface area contributed by atoms with Gasteiger partial charge in [0.2, 0.25) is 11.8 Å². The molecule has 0 unspecified atom stereocenters. The number of amides is 2. The van der Waals surface area contributed by atoms with Gasteiger partial charge >= 0.3 is 0 Å². The highest BCUT2D eigenvalue weighted by molar-refractivity contribution is 5.86. The summed E-state index contributed by atoms with van der Waals surface area (Å²) in [6, 6.07) is 13.5. The monoisotopic (exact) mass is 499 g/mol. The second-order valence-electron chi connectivity index (χ2n) is 8.61. The van der Waals surface area contributed by atoms with Crippen molar-refractivity contribution in [2.24, 2.45) is 5.73 Å². The van der Waals surface area contributed by atoms with Gasteiger partial charge < -0.3 is 31.3 Å². The van der Waals surface area contributed by atoms with E-state index in [4.69, 9.17) is 15.6 Å². The number of aliphatic hydroxyl groups excluding tert-OH is 1. The lowest BCUT2D eigenvalue weighted by molar-refractivity contribution is -0.125. The van der Waals surface area contributed by atoms with Crippen LogP contribution in [0.5, 0.6) is 11.5 Å². The molecule has 6 N–H and O–H groups in total. The van der Waals surface area contributed by atoms with Crippen LogP contribution in [0.2, 0.25) is 0 Å².